The normalized spacial score (nSPS) is 13.8. The Bertz CT molecular complexity index is 1160. The molecule has 31 heavy (non-hydrogen) atoms. The van der Waals surface area contributed by atoms with Gasteiger partial charge in [-0.05, 0) is 24.3 Å². The minimum atomic E-state index is -0.411. The van der Waals surface area contributed by atoms with Crippen molar-refractivity contribution in [2.75, 3.05) is 50.2 Å². The van der Waals surface area contributed by atoms with Crippen LogP contribution >= 0.6 is 11.6 Å². The SMILES string of the molecule is CNC(=O)COc1cc2cc(Nc3nc(N4CCOCC4)ncc3Cl)ccc2[nH]c1=O. The van der Waals surface area contributed by atoms with E-state index < -0.39 is 5.56 Å². The van der Waals surface area contributed by atoms with Gasteiger partial charge in [-0.3, -0.25) is 9.59 Å². The zero-order valence-electron chi connectivity index (χ0n) is 16.8. The summed E-state index contributed by atoms with van der Waals surface area (Å²) in [7, 11) is 1.50. The predicted molar refractivity (Wildman–Crippen MR) is 117 cm³/mol. The Morgan fingerprint density at radius 3 is 2.90 bits per heavy atom. The van der Waals surface area contributed by atoms with E-state index in [1.165, 1.54) is 7.05 Å². The highest BCUT2D eigenvalue weighted by Gasteiger charge is 2.16. The van der Waals surface area contributed by atoms with Gasteiger partial charge in [-0.25, -0.2) is 4.98 Å². The smallest absolute Gasteiger partial charge is 0.290 e. The minimum absolute atomic E-state index is 0.0583. The van der Waals surface area contributed by atoms with Crippen molar-refractivity contribution in [3.63, 3.8) is 0 Å². The van der Waals surface area contributed by atoms with Crippen molar-refractivity contribution in [2.24, 2.45) is 0 Å². The molecule has 4 rings (SSSR count). The Morgan fingerprint density at radius 1 is 1.32 bits per heavy atom. The van der Waals surface area contributed by atoms with E-state index in [1.807, 2.05) is 11.0 Å². The van der Waals surface area contributed by atoms with Crippen LogP contribution in [0.3, 0.4) is 0 Å². The molecule has 1 aromatic carbocycles. The summed E-state index contributed by atoms with van der Waals surface area (Å²) in [6.45, 7) is 2.43. The second kappa shape index (κ2) is 9.19. The summed E-state index contributed by atoms with van der Waals surface area (Å²) in [5.41, 5.74) is 0.932. The number of rotatable bonds is 6. The molecule has 0 atom stereocenters. The number of aromatic amines is 1. The number of benzene rings is 1. The number of hydrogen-bond donors (Lipinski definition) is 3. The van der Waals surface area contributed by atoms with Crippen LogP contribution < -0.4 is 25.8 Å². The maximum atomic E-state index is 12.2. The summed E-state index contributed by atoms with van der Waals surface area (Å²) in [4.78, 5) is 37.2. The molecule has 3 N–H and O–H groups in total. The van der Waals surface area contributed by atoms with E-state index in [2.05, 4.69) is 25.6 Å². The number of fused-ring (bicyclic) bond motifs is 1. The number of nitrogens with one attached hydrogen (secondary N) is 3. The van der Waals surface area contributed by atoms with Crippen molar-refractivity contribution in [1.29, 1.82) is 0 Å². The van der Waals surface area contributed by atoms with Crippen LogP contribution in [0, 0.1) is 0 Å². The number of aromatic nitrogens is 3. The van der Waals surface area contributed by atoms with Gasteiger partial charge in [0.1, 0.15) is 5.02 Å². The van der Waals surface area contributed by atoms with Gasteiger partial charge in [0.05, 0.1) is 19.4 Å². The number of anilines is 3. The first kappa shape index (κ1) is 20.9. The molecular formula is C20H21ClN6O4. The van der Waals surface area contributed by atoms with Gasteiger partial charge in [0.2, 0.25) is 5.95 Å². The van der Waals surface area contributed by atoms with Gasteiger partial charge >= 0.3 is 0 Å². The summed E-state index contributed by atoms with van der Waals surface area (Å²) in [6.07, 6.45) is 1.56. The molecule has 10 nitrogen and oxygen atoms in total. The molecule has 3 heterocycles. The fourth-order valence-corrected chi connectivity index (χ4v) is 3.22. The van der Waals surface area contributed by atoms with Gasteiger partial charge in [-0.1, -0.05) is 11.6 Å². The van der Waals surface area contributed by atoms with Crippen LogP contribution in [0.25, 0.3) is 10.9 Å². The zero-order chi connectivity index (χ0) is 21.8. The monoisotopic (exact) mass is 444 g/mol. The largest absolute Gasteiger partial charge is 0.478 e. The van der Waals surface area contributed by atoms with Crippen LogP contribution in [0.15, 0.2) is 35.3 Å². The highest BCUT2D eigenvalue weighted by Crippen LogP contribution is 2.27. The van der Waals surface area contributed by atoms with E-state index in [0.717, 1.165) is 5.39 Å². The van der Waals surface area contributed by atoms with Crippen LogP contribution in [0.5, 0.6) is 5.75 Å². The molecule has 0 bridgehead atoms. The lowest BCUT2D eigenvalue weighted by molar-refractivity contribution is -0.122. The fourth-order valence-electron chi connectivity index (χ4n) is 3.09. The maximum absolute atomic E-state index is 12.2. The number of hydrogen-bond acceptors (Lipinski definition) is 8. The summed E-state index contributed by atoms with van der Waals surface area (Å²) < 4.78 is 10.7. The third kappa shape index (κ3) is 4.86. The van der Waals surface area contributed by atoms with E-state index in [0.29, 0.717) is 54.3 Å². The van der Waals surface area contributed by atoms with Crippen LogP contribution in [0.4, 0.5) is 17.5 Å². The molecule has 1 saturated heterocycles. The molecule has 11 heteroatoms. The third-order valence-corrected chi connectivity index (χ3v) is 5.01. The van der Waals surface area contributed by atoms with Crippen LogP contribution in [0.1, 0.15) is 0 Å². The molecule has 1 aliphatic rings. The second-order valence-electron chi connectivity index (χ2n) is 6.82. The lowest BCUT2D eigenvalue weighted by Gasteiger charge is -2.27. The fraction of sp³-hybridized carbons (Fsp3) is 0.300. The summed E-state index contributed by atoms with van der Waals surface area (Å²) >= 11 is 6.30. The van der Waals surface area contributed by atoms with Crippen molar-refractivity contribution in [2.45, 2.75) is 0 Å². The van der Waals surface area contributed by atoms with Gasteiger partial charge in [0.15, 0.2) is 18.2 Å². The molecule has 3 aromatic rings. The Kier molecular flexibility index (Phi) is 6.19. The lowest BCUT2D eigenvalue weighted by atomic mass is 10.2. The molecule has 1 amide bonds. The van der Waals surface area contributed by atoms with Gasteiger partial charge in [-0.2, -0.15) is 4.98 Å². The van der Waals surface area contributed by atoms with E-state index in [1.54, 1.807) is 24.4 Å². The minimum Gasteiger partial charge on any atom is -0.478 e. The molecule has 0 unspecified atom stereocenters. The summed E-state index contributed by atoms with van der Waals surface area (Å²) in [5.74, 6) is 0.774. The number of carbonyl (C=O) groups excluding carboxylic acids is 1. The lowest BCUT2D eigenvalue weighted by Crippen LogP contribution is -2.37. The first-order valence-electron chi connectivity index (χ1n) is 9.66. The maximum Gasteiger partial charge on any atom is 0.290 e. The number of morpholine rings is 1. The van der Waals surface area contributed by atoms with E-state index >= 15 is 0 Å². The Labute approximate surface area is 182 Å². The number of halogens is 1. The number of likely N-dealkylation sites (N-methyl/N-ethyl adjacent to an activating group) is 1. The molecule has 2 aromatic heterocycles. The summed E-state index contributed by atoms with van der Waals surface area (Å²) in [6, 6.07) is 6.98. The third-order valence-electron chi connectivity index (χ3n) is 4.74. The highest BCUT2D eigenvalue weighted by molar-refractivity contribution is 6.32. The van der Waals surface area contributed by atoms with E-state index in [9.17, 15) is 9.59 Å². The van der Waals surface area contributed by atoms with Crippen molar-refractivity contribution in [1.82, 2.24) is 20.3 Å². The Balaban J connectivity index is 1.59. The standard InChI is InChI=1S/C20H21ClN6O4/c1-22-17(28)11-31-16-9-12-8-13(2-3-15(12)25-19(16)29)24-18-14(21)10-23-20(26-18)27-4-6-30-7-5-27/h2-3,8-10H,4-7,11H2,1H3,(H,22,28)(H,25,29)(H,23,24,26). The van der Waals surface area contributed by atoms with Crippen LogP contribution in [-0.2, 0) is 9.53 Å². The van der Waals surface area contributed by atoms with Crippen molar-refractivity contribution in [3.8, 4) is 5.75 Å². The van der Waals surface area contributed by atoms with Gasteiger partial charge in [-0.15, -0.1) is 0 Å². The Hall–Kier alpha value is -3.37. The molecule has 0 saturated carbocycles. The number of nitrogens with zero attached hydrogens (tertiary/aromatic N) is 3. The van der Waals surface area contributed by atoms with E-state index in [4.69, 9.17) is 21.1 Å². The molecule has 1 aliphatic heterocycles. The van der Waals surface area contributed by atoms with Gasteiger partial charge in [0.25, 0.3) is 11.5 Å². The average Bonchev–Trinajstić information content (AvgIpc) is 2.79. The molecule has 0 radical (unpaired) electrons. The number of ether oxygens (including phenoxy) is 2. The van der Waals surface area contributed by atoms with Gasteiger partial charge < -0.3 is 30.0 Å². The predicted octanol–water partition coefficient (Wildman–Crippen LogP) is 1.68. The number of amides is 1. The van der Waals surface area contributed by atoms with Crippen molar-refractivity contribution < 1.29 is 14.3 Å². The van der Waals surface area contributed by atoms with E-state index in [-0.39, 0.29) is 18.3 Å². The van der Waals surface area contributed by atoms with Crippen LogP contribution in [-0.4, -0.2) is 60.8 Å². The molecule has 0 aliphatic carbocycles. The molecule has 0 spiro atoms. The number of carbonyl (C=O) groups is 1. The van der Waals surface area contributed by atoms with Gasteiger partial charge in [0, 0.05) is 36.7 Å². The first-order chi connectivity index (χ1) is 15.0. The summed E-state index contributed by atoms with van der Waals surface area (Å²) in [5, 5.41) is 6.74. The number of H-pyrrole nitrogens is 1. The highest BCUT2D eigenvalue weighted by atomic mass is 35.5. The molecular weight excluding hydrogens is 424 g/mol. The molecule has 1 fully saturated rings. The molecule has 162 valence electrons. The Morgan fingerprint density at radius 2 is 2.13 bits per heavy atom. The second-order valence-corrected chi connectivity index (χ2v) is 7.22. The average molecular weight is 445 g/mol. The van der Waals surface area contributed by atoms with Crippen LogP contribution in [0.2, 0.25) is 5.02 Å². The zero-order valence-corrected chi connectivity index (χ0v) is 17.5. The first-order valence-corrected chi connectivity index (χ1v) is 10.0. The topological polar surface area (TPSA) is 121 Å². The number of pyridine rings is 1. The van der Waals surface area contributed by atoms with Crippen molar-refractivity contribution >= 4 is 45.9 Å². The van der Waals surface area contributed by atoms with Crippen molar-refractivity contribution in [3.05, 3.63) is 45.8 Å². The quantitative estimate of drug-likeness (QED) is 0.525.